The third-order valence-electron chi connectivity index (χ3n) is 4.49. The fourth-order valence-electron chi connectivity index (χ4n) is 2.80. The lowest BCUT2D eigenvalue weighted by atomic mass is 9.87. The second kappa shape index (κ2) is 8.31. The summed E-state index contributed by atoms with van der Waals surface area (Å²) in [4.78, 5) is 21.4. The van der Waals surface area contributed by atoms with Crippen molar-refractivity contribution in [3.05, 3.63) is 65.7 Å². The minimum Gasteiger partial charge on any atom is -0.481 e. The first-order valence-corrected chi connectivity index (χ1v) is 9.29. The zero-order valence-corrected chi connectivity index (χ0v) is 17.3. The molecule has 0 spiro atoms. The van der Waals surface area contributed by atoms with E-state index in [1.54, 1.807) is 6.07 Å². The third kappa shape index (κ3) is 4.90. The number of hydrogen-bond acceptors (Lipinski definition) is 5. The van der Waals surface area contributed by atoms with Crippen LogP contribution in [0.4, 0.5) is 5.69 Å². The van der Waals surface area contributed by atoms with Gasteiger partial charge < -0.3 is 14.8 Å². The Kier molecular flexibility index (Phi) is 5.82. The maximum Gasteiger partial charge on any atom is 0.255 e. The molecule has 2 aromatic carbocycles. The normalized spacial score (nSPS) is 11.1. The SMILES string of the molecule is COc1cc(OC)nc(-c2cccc(NC(=O)c3ccc(C(C)(C)C)cc3)c2)n1. The van der Waals surface area contributed by atoms with E-state index in [1.165, 1.54) is 19.8 Å². The number of hydrogen-bond donors (Lipinski definition) is 1. The molecule has 0 unspecified atom stereocenters. The number of carbonyl (C=O) groups is 1. The molecule has 0 atom stereocenters. The van der Waals surface area contributed by atoms with Crippen molar-refractivity contribution in [2.24, 2.45) is 0 Å². The molecule has 150 valence electrons. The van der Waals surface area contributed by atoms with Gasteiger partial charge in [0, 0.05) is 16.8 Å². The van der Waals surface area contributed by atoms with E-state index in [2.05, 4.69) is 36.1 Å². The molecule has 0 aliphatic carbocycles. The van der Waals surface area contributed by atoms with Crippen LogP contribution in [0.15, 0.2) is 54.6 Å². The molecule has 0 bridgehead atoms. The predicted octanol–water partition coefficient (Wildman–Crippen LogP) is 4.71. The Morgan fingerprint density at radius 3 is 2.07 bits per heavy atom. The zero-order valence-electron chi connectivity index (χ0n) is 17.3. The molecule has 1 aromatic heterocycles. The quantitative estimate of drug-likeness (QED) is 0.682. The smallest absolute Gasteiger partial charge is 0.255 e. The summed E-state index contributed by atoms with van der Waals surface area (Å²) in [6.45, 7) is 6.43. The van der Waals surface area contributed by atoms with Crippen molar-refractivity contribution in [2.45, 2.75) is 26.2 Å². The van der Waals surface area contributed by atoms with Gasteiger partial charge in [0.2, 0.25) is 11.8 Å². The van der Waals surface area contributed by atoms with E-state index in [0.717, 1.165) is 5.56 Å². The van der Waals surface area contributed by atoms with Crippen LogP contribution in [0.1, 0.15) is 36.7 Å². The lowest BCUT2D eigenvalue weighted by Crippen LogP contribution is -2.14. The number of methoxy groups -OCH3 is 2. The molecule has 0 saturated carbocycles. The highest BCUT2D eigenvalue weighted by Crippen LogP contribution is 2.25. The molecule has 1 amide bonds. The van der Waals surface area contributed by atoms with Gasteiger partial charge >= 0.3 is 0 Å². The second-order valence-electron chi connectivity index (χ2n) is 7.64. The van der Waals surface area contributed by atoms with Gasteiger partial charge in [-0.2, -0.15) is 9.97 Å². The topological polar surface area (TPSA) is 73.3 Å². The summed E-state index contributed by atoms with van der Waals surface area (Å²) >= 11 is 0. The Labute approximate surface area is 170 Å². The first-order chi connectivity index (χ1) is 13.8. The zero-order chi connectivity index (χ0) is 21.0. The Hall–Kier alpha value is -3.41. The highest BCUT2D eigenvalue weighted by molar-refractivity contribution is 6.04. The van der Waals surface area contributed by atoms with Gasteiger partial charge in [0.1, 0.15) is 0 Å². The van der Waals surface area contributed by atoms with E-state index < -0.39 is 0 Å². The second-order valence-corrected chi connectivity index (χ2v) is 7.64. The van der Waals surface area contributed by atoms with Gasteiger partial charge in [-0.05, 0) is 35.2 Å². The highest BCUT2D eigenvalue weighted by atomic mass is 16.5. The largest absolute Gasteiger partial charge is 0.481 e. The monoisotopic (exact) mass is 391 g/mol. The minimum atomic E-state index is -0.174. The number of ether oxygens (including phenoxy) is 2. The summed E-state index contributed by atoms with van der Waals surface area (Å²) in [5.41, 5.74) is 3.21. The first kappa shape index (κ1) is 20.3. The van der Waals surface area contributed by atoms with E-state index in [4.69, 9.17) is 9.47 Å². The van der Waals surface area contributed by atoms with E-state index in [-0.39, 0.29) is 11.3 Å². The van der Waals surface area contributed by atoms with Crippen molar-refractivity contribution < 1.29 is 14.3 Å². The highest BCUT2D eigenvalue weighted by Gasteiger charge is 2.15. The molecule has 29 heavy (non-hydrogen) atoms. The van der Waals surface area contributed by atoms with Gasteiger partial charge in [-0.1, -0.05) is 45.0 Å². The molecule has 0 radical (unpaired) electrons. The maximum absolute atomic E-state index is 12.6. The van der Waals surface area contributed by atoms with Crippen LogP contribution in [-0.4, -0.2) is 30.1 Å². The summed E-state index contributed by atoms with van der Waals surface area (Å²) in [5.74, 6) is 1.08. The van der Waals surface area contributed by atoms with E-state index in [1.807, 2.05) is 48.5 Å². The van der Waals surface area contributed by atoms with Crippen LogP contribution in [0.25, 0.3) is 11.4 Å². The molecule has 1 heterocycles. The van der Waals surface area contributed by atoms with Gasteiger partial charge in [-0.15, -0.1) is 0 Å². The fraction of sp³-hybridized carbons (Fsp3) is 0.261. The van der Waals surface area contributed by atoms with Gasteiger partial charge in [0.15, 0.2) is 5.82 Å². The Morgan fingerprint density at radius 1 is 0.897 bits per heavy atom. The van der Waals surface area contributed by atoms with Crippen molar-refractivity contribution in [1.82, 2.24) is 9.97 Å². The summed E-state index contributed by atoms with van der Waals surface area (Å²) in [6.07, 6.45) is 0. The average molecular weight is 391 g/mol. The number of nitrogens with one attached hydrogen (secondary N) is 1. The number of rotatable bonds is 5. The van der Waals surface area contributed by atoms with E-state index >= 15 is 0 Å². The molecule has 3 rings (SSSR count). The lowest BCUT2D eigenvalue weighted by Gasteiger charge is -2.19. The maximum atomic E-state index is 12.6. The van der Waals surface area contributed by atoms with Gasteiger partial charge in [0.05, 0.1) is 20.3 Å². The molecule has 0 aliphatic rings. The molecular weight excluding hydrogens is 366 g/mol. The minimum absolute atomic E-state index is 0.0428. The van der Waals surface area contributed by atoms with Crippen molar-refractivity contribution >= 4 is 11.6 Å². The molecular formula is C23H25N3O3. The number of benzene rings is 2. The number of amides is 1. The molecule has 0 fully saturated rings. The van der Waals surface area contributed by atoms with Gasteiger partial charge in [-0.3, -0.25) is 4.79 Å². The molecule has 0 aliphatic heterocycles. The molecule has 6 heteroatoms. The van der Waals surface area contributed by atoms with Crippen LogP contribution in [0.2, 0.25) is 0 Å². The van der Waals surface area contributed by atoms with E-state index in [9.17, 15) is 4.79 Å². The van der Waals surface area contributed by atoms with Gasteiger partial charge in [-0.25, -0.2) is 0 Å². The fourth-order valence-corrected chi connectivity index (χ4v) is 2.80. The Bertz CT molecular complexity index is 986. The van der Waals surface area contributed by atoms with E-state index in [0.29, 0.717) is 28.8 Å². The summed E-state index contributed by atoms with van der Waals surface area (Å²) in [6, 6.07) is 16.6. The molecule has 1 N–H and O–H groups in total. The Balaban J connectivity index is 1.82. The number of anilines is 1. The summed E-state index contributed by atoms with van der Waals surface area (Å²) in [5, 5.41) is 2.93. The van der Waals surface area contributed by atoms with Crippen LogP contribution in [0.5, 0.6) is 11.8 Å². The van der Waals surface area contributed by atoms with Crippen LogP contribution in [-0.2, 0) is 5.41 Å². The third-order valence-corrected chi connectivity index (χ3v) is 4.49. The van der Waals surface area contributed by atoms with Crippen LogP contribution < -0.4 is 14.8 Å². The number of nitrogens with zero attached hydrogens (tertiary/aromatic N) is 2. The molecule has 6 nitrogen and oxygen atoms in total. The first-order valence-electron chi connectivity index (χ1n) is 9.29. The lowest BCUT2D eigenvalue weighted by molar-refractivity contribution is 0.102. The molecule has 0 saturated heterocycles. The summed E-state index contributed by atoms with van der Waals surface area (Å²) in [7, 11) is 3.07. The number of carbonyl (C=O) groups excluding carboxylic acids is 1. The average Bonchev–Trinajstić information content (AvgIpc) is 2.73. The van der Waals surface area contributed by atoms with Crippen molar-refractivity contribution in [3.63, 3.8) is 0 Å². The standard InChI is InChI=1S/C23H25N3O3/c1-23(2,3)17-11-9-15(10-12-17)22(27)24-18-8-6-7-16(13-18)21-25-19(28-4)14-20(26-21)29-5/h6-14H,1-5H3,(H,24,27). The Morgan fingerprint density at radius 2 is 1.52 bits per heavy atom. The summed E-state index contributed by atoms with van der Waals surface area (Å²) < 4.78 is 10.4. The van der Waals surface area contributed by atoms with Crippen LogP contribution in [0, 0.1) is 0 Å². The predicted molar refractivity (Wildman–Crippen MR) is 114 cm³/mol. The van der Waals surface area contributed by atoms with Crippen molar-refractivity contribution in [1.29, 1.82) is 0 Å². The van der Waals surface area contributed by atoms with Crippen LogP contribution in [0.3, 0.4) is 0 Å². The van der Waals surface area contributed by atoms with Crippen molar-refractivity contribution in [3.8, 4) is 23.1 Å². The molecule has 3 aromatic rings. The number of aromatic nitrogens is 2. The van der Waals surface area contributed by atoms with Crippen LogP contribution >= 0.6 is 0 Å². The van der Waals surface area contributed by atoms with Crippen molar-refractivity contribution in [2.75, 3.05) is 19.5 Å². The van der Waals surface area contributed by atoms with Gasteiger partial charge in [0.25, 0.3) is 5.91 Å².